The first-order chi connectivity index (χ1) is 11.5. The second-order valence-corrected chi connectivity index (χ2v) is 6.83. The Morgan fingerprint density at radius 1 is 1.33 bits per heavy atom. The number of aliphatic imine (C=N–C) groups is 1. The SMILES string of the molecule is C/C=C(\SCC)c1cnc(C)cc1Cc1cccc(N=C(C)F)c1. The fourth-order valence-corrected chi connectivity index (χ4v) is 3.41. The third kappa shape index (κ3) is 5.03. The Bertz CT molecular complexity index is 762. The third-order valence-corrected chi connectivity index (χ3v) is 4.60. The number of allylic oxidation sites excluding steroid dienone is 1. The number of hydrogen-bond acceptors (Lipinski definition) is 3. The Morgan fingerprint density at radius 2 is 2.12 bits per heavy atom. The van der Waals surface area contributed by atoms with Crippen molar-refractivity contribution in [3.05, 3.63) is 65.0 Å². The minimum absolute atomic E-state index is 0.428. The summed E-state index contributed by atoms with van der Waals surface area (Å²) in [5.74, 6) is 0.593. The van der Waals surface area contributed by atoms with Crippen molar-refractivity contribution in [1.82, 2.24) is 4.98 Å². The minimum Gasteiger partial charge on any atom is -0.261 e. The van der Waals surface area contributed by atoms with Crippen molar-refractivity contribution >= 4 is 28.3 Å². The number of aromatic nitrogens is 1. The molecule has 0 atom stereocenters. The summed E-state index contributed by atoms with van der Waals surface area (Å²) in [5, 5.41) is 0. The molecule has 2 rings (SSSR count). The number of pyridine rings is 1. The highest BCUT2D eigenvalue weighted by Crippen LogP contribution is 2.31. The van der Waals surface area contributed by atoms with E-state index in [0.29, 0.717) is 5.69 Å². The topological polar surface area (TPSA) is 25.2 Å². The van der Waals surface area contributed by atoms with Gasteiger partial charge in [0.2, 0.25) is 0 Å². The van der Waals surface area contributed by atoms with Crippen molar-refractivity contribution in [1.29, 1.82) is 0 Å². The molecule has 0 aliphatic heterocycles. The van der Waals surface area contributed by atoms with Gasteiger partial charge in [-0.2, -0.15) is 4.39 Å². The molecule has 0 bridgehead atoms. The van der Waals surface area contributed by atoms with E-state index in [1.807, 2.05) is 43.1 Å². The molecule has 0 unspecified atom stereocenters. The fraction of sp³-hybridized carbons (Fsp3) is 0.300. The van der Waals surface area contributed by atoms with Gasteiger partial charge in [-0.15, -0.1) is 11.8 Å². The van der Waals surface area contributed by atoms with Gasteiger partial charge in [0.15, 0.2) is 5.97 Å². The average Bonchev–Trinajstić information content (AvgIpc) is 2.53. The van der Waals surface area contributed by atoms with Crippen LogP contribution in [0.15, 0.2) is 47.6 Å². The Balaban J connectivity index is 2.39. The molecule has 0 aliphatic rings. The summed E-state index contributed by atoms with van der Waals surface area (Å²) in [4.78, 5) is 9.61. The molecular formula is C20H23FN2S. The first-order valence-corrected chi connectivity index (χ1v) is 9.06. The molecule has 1 aromatic heterocycles. The van der Waals surface area contributed by atoms with Crippen molar-refractivity contribution in [3.8, 4) is 0 Å². The average molecular weight is 342 g/mol. The van der Waals surface area contributed by atoms with E-state index >= 15 is 0 Å². The molecule has 2 nitrogen and oxygen atoms in total. The molecule has 0 fully saturated rings. The molecule has 1 aromatic carbocycles. The van der Waals surface area contributed by atoms with Crippen LogP contribution < -0.4 is 0 Å². The maximum absolute atomic E-state index is 13.0. The summed E-state index contributed by atoms with van der Waals surface area (Å²) in [6.45, 7) is 7.57. The van der Waals surface area contributed by atoms with Crippen molar-refractivity contribution in [2.45, 2.75) is 34.1 Å². The first-order valence-electron chi connectivity index (χ1n) is 8.08. The predicted molar refractivity (Wildman–Crippen MR) is 104 cm³/mol. The fourth-order valence-electron chi connectivity index (χ4n) is 2.59. The van der Waals surface area contributed by atoms with Crippen molar-refractivity contribution < 1.29 is 4.39 Å². The van der Waals surface area contributed by atoms with Crippen LogP contribution in [0.1, 0.15) is 43.2 Å². The molecule has 0 radical (unpaired) electrons. The molecule has 4 heteroatoms. The molecule has 0 N–H and O–H groups in total. The highest BCUT2D eigenvalue weighted by atomic mass is 32.2. The van der Waals surface area contributed by atoms with E-state index in [1.165, 1.54) is 23.0 Å². The van der Waals surface area contributed by atoms with E-state index in [2.05, 4.69) is 42.0 Å². The van der Waals surface area contributed by atoms with Crippen molar-refractivity contribution in [2.75, 3.05) is 5.75 Å². The van der Waals surface area contributed by atoms with E-state index in [-0.39, 0.29) is 0 Å². The molecule has 0 amide bonds. The molecular weight excluding hydrogens is 319 g/mol. The lowest BCUT2D eigenvalue weighted by atomic mass is 10.00. The summed E-state index contributed by atoms with van der Waals surface area (Å²) < 4.78 is 13.0. The van der Waals surface area contributed by atoms with Crippen LogP contribution >= 0.6 is 11.8 Å². The smallest absolute Gasteiger partial charge is 0.186 e. The lowest BCUT2D eigenvalue weighted by molar-refractivity contribution is 0.798. The summed E-state index contributed by atoms with van der Waals surface area (Å²) in [6.07, 6.45) is 4.86. The number of benzene rings is 1. The van der Waals surface area contributed by atoms with Crippen LogP contribution in [0.4, 0.5) is 10.1 Å². The second-order valence-electron chi connectivity index (χ2n) is 5.52. The minimum atomic E-state index is -0.428. The Labute approximate surface area is 147 Å². The van der Waals surface area contributed by atoms with Crippen molar-refractivity contribution in [3.63, 3.8) is 0 Å². The molecule has 2 aromatic rings. The van der Waals surface area contributed by atoms with Gasteiger partial charge in [-0.1, -0.05) is 25.1 Å². The summed E-state index contributed by atoms with van der Waals surface area (Å²) in [5.41, 5.74) is 5.16. The number of rotatable bonds is 6. The summed E-state index contributed by atoms with van der Waals surface area (Å²) in [6, 6.07) is 9.85. The zero-order chi connectivity index (χ0) is 17.5. The predicted octanol–water partition coefficient (Wildman–Crippen LogP) is 6.11. The zero-order valence-electron chi connectivity index (χ0n) is 14.6. The first kappa shape index (κ1) is 18.4. The maximum Gasteiger partial charge on any atom is 0.186 e. The van der Waals surface area contributed by atoms with Gasteiger partial charge in [-0.25, -0.2) is 4.99 Å². The van der Waals surface area contributed by atoms with E-state index in [9.17, 15) is 4.39 Å². The molecule has 0 saturated carbocycles. The van der Waals surface area contributed by atoms with Gasteiger partial charge in [0.05, 0.1) is 5.69 Å². The monoisotopic (exact) mass is 342 g/mol. The normalized spacial score (nSPS) is 12.5. The van der Waals surface area contributed by atoms with Gasteiger partial charge in [0.1, 0.15) is 0 Å². The van der Waals surface area contributed by atoms with Crippen LogP contribution in [0.2, 0.25) is 0 Å². The number of thioether (sulfide) groups is 1. The van der Waals surface area contributed by atoms with Gasteiger partial charge >= 0.3 is 0 Å². The molecule has 126 valence electrons. The van der Waals surface area contributed by atoms with Gasteiger partial charge < -0.3 is 0 Å². The number of aryl methyl sites for hydroxylation is 1. The van der Waals surface area contributed by atoms with E-state index in [4.69, 9.17) is 0 Å². The Kier molecular flexibility index (Phi) is 6.73. The van der Waals surface area contributed by atoms with Crippen LogP contribution in [0, 0.1) is 6.92 Å². The molecule has 0 aliphatic carbocycles. The largest absolute Gasteiger partial charge is 0.261 e. The van der Waals surface area contributed by atoms with Crippen LogP contribution in [0.3, 0.4) is 0 Å². The molecule has 0 saturated heterocycles. The highest BCUT2D eigenvalue weighted by Gasteiger charge is 2.10. The van der Waals surface area contributed by atoms with Crippen LogP contribution in [0.5, 0.6) is 0 Å². The summed E-state index contributed by atoms with van der Waals surface area (Å²) >= 11 is 1.82. The lowest BCUT2D eigenvalue weighted by Gasteiger charge is -2.13. The van der Waals surface area contributed by atoms with Crippen molar-refractivity contribution in [2.24, 2.45) is 4.99 Å². The van der Waals surface area contributed by atoms with Crippen LogP contribution in [0.25, 0.3) is 4.91 Å². The van der Waals surface area contributed by atoms with Crippen LogP contribution in [-0.2, 0) is 6.42 Å². The summed E-state index contributed by atoms with van der Waals surface area (Å²) in [7, 11) is 0. The van der Waals surface area contributed by atoms with Crippen LogP contribution in [-0.4, -0.2) is 16.7 Å². The highest BCUT2D eigenvalue weighted by molar-refractivity contribution is 8.08. The second kappa shape index (κ2) is 8.78. The standard InChI is InChI=1S/C20H23FN2S/c1-5-20(24-6-2)19-13-22-14(3)10-17(19)11-16-8-7-9-18(12-16)23-15(4)21/h5,7-10,12-13H,6,11H2,1-4H3/b20-5-,23-15?. The maximum atomic E-state index is 13.0. The van der Waals surface area contributed by atoms with E-state index < -0.39 is 5.97 Å². The Morgan fingerprint density at radius 3 is 2.79 bits per heavy atom. The molecule has 1 heterocycles. The molecule has 0 spiro atoms. The number of nitrogens with zero attached hydrogens (tertiary/aromatic N) is 2. The zero-order valence-corrected chi connectivity index (χ0v) is 15.5. The lowest BCUT2D eigenvalue weighted by Crippen LogP contribution is -1.98. The number of halogens is 1. The number of hydrogen-bond donors (Lipinski definition) is 0. The van der Waals surface area contributed by atoms with Gasteiger partial charge in [-0.05, 0) is 55.3 Å². The van der Waals surface area contributed by atoms with Gasteiger partial charge in [0, 0.05) is 29.3 Å². The third-order valence-electron chi connectivity index (χ3n) is 3.54. The Hall–Kier alpha value is -1.94. The van der Waals surface area contributed by atoms with E-state index in [1.54, 1.807) is 0 Å². The van der Waals surface area contributed by atoms with E-state index in [0.717, 1.165) is 23.4 Å². The quantitative estimate of drug-likeness (QED) is 0.591. The van der Waals surface area contributed by atoms with Gasteiger partial charge in [0.25, 0.3) is 0 Å². The molecule has 24 heavy (non-hydrogen) atoms. The van der Waals surface area contributed by atoms with Gasteiger partial charge in [-0.3, -0.25) is 4.98 Å².